The van der Waals surface area contributed by atoms with Gasteiger partial charge in [0.1, 0.15) is 5.82 Å². The van der Waals surface area contributed by atoms with E-state index in [9.17, 15) is 19.2 Å². The van der Waals surface area contributed by atoms with Crippen molar-refractivity contribution in [2.24, 2.45) is 0 Å². The minimum atomic E-state index is -0.666. The molecule has 1 heterocycles. The Morgan fingerprint density at radius 3 is 2.72 bits per heavy atom. The highest BCUT2D eigenvalue weighted by Gasteiger charge is 2.31. The molecular formula is C22H20FN3O2S. The molecule has 0 saturated carbocycles. The number of nitrogens with one attached hydrogen (secondary N) is 2. The van der Waals surface area contributed by atoms with Crippen LogP contribution in [0.1, 0.15) is 29.0 Å². The number of rotatable bonds is 5. The first-order chi connectivity index (χ1) is 13.9. The van der Waals surface area contributed by atoms with Gasteiger partial charge in [0.2, 0.25) is 11.8 Å². The lowest BCUT2D eigenvalue weighted by Gasteiger charge is -2.25. The molecule has 2 aromatic carbocycles. The number of carbonyl (C=O) groups is 2. The Morgan fingerprint density at radius 1 is 1.28 bits per heavy atom. The highest BCUT2D eigenvalue weighted by Crippen LogP contribution is 2.36. The van der Waals surface area contributed by atoms with Gasteiger partial charge in [0.05, 0.1) is 22.4 Å². The van der Waals surface area contributed by atoms with Gasteiger partial charge < -0.3 is 10.6 Å². The van der Waals surface area contributed by atoms with Crippen LogP contribution in [0.3, 0.4) is 0 Å². The zero-order valence-corrected chi connectivity index (χ0v) is 16.9. The largest absolute Gasteiger partial charge is 0.325 e. The highest BCUT2D eigenvalue weighted by atomic mass is 32.2. The van der Waals surface area contributed by atoms with Gasteiger partial charge in [-0.1, -0.05) is 36.0 Å². The second-order valence-corrected chi connectivity index (χ2v) is 7.80. The van der Waals surface area contributed by atoms with E-state index in [0.29, 0.717) is 16.3 Å². The van der Waals surface area contributed by atoms with Gasteiger partial charge in [-0.3, -0.25) is 9.59 Å². The average molecular weight is 409 g/mol. The van der Waals surface area contributed by atoms with E-state index in [4.69, 9.17) is 0 Å². The Bertz CT molecular complexity index is 1040. The van der Waals surface area contributed by atoms with Gasteiger partial charge in [-0.25, -0.2) is 4.39 Å². The molecule has 0 unspecified atom stereocenters. The van der Waals surface area contributed by atoms with Gasteiger partial charge in [0.15, 0.2) is 0 Å². The van der Waals surface area contributed by atoms with Crippen molar-refractivity contribution in [1.29, 1.82) is 5.26 Å². The number of amides is 2. The Morgan fingerprint density at radius 2 is 2.03 bits per heavy atom. The number of nitriles is 1. The number of aryl methyl sites for hydroxylation is 2. The lowest BCUT2D eigenvalue weighted by atomic mass is 9.87. The monoisotopic (exact) mass is 409 g/mol. The first-order valence-electron chi connectivity index (χ1n) is 9.07. The lowest BCUT2D eigenvalue weighted by Crippen LogP contribution is -2.31. The lowest BCUT2D eigenvalue weighted by molar-refractivity contribution is -0.121. The van der Waals surface area contributed by atoms with Crippen molar-refractivity contribution in [3.8, 4) is 6.07 Å². The van der Waals surface area contributed by atoms with Crippen LogP contribution < -0.4 is 10.6 Å². The van der Waals surface area contributed by atoms with Crippen molar-refractivity contribution < 1.29 is 14.0 Å². The van der Waals surface area contributed by atoms with Crippen LogP contribution in [0.5, 0.6) is 0 Å². The molecule has 148 valence electrons. The Kier molecular flexibility index (Phi) is 6.35. The summed E-state index contributed by atoms with van der Waals surface area (Å²) < 4.78 is 14.2. The summed E-state index contributed by atoms with van der Waals surface area (Å²) in [4.78, 5) is 24.5. The van der Waals surface area contributed by atoms with Gasteiger partial charge >= 0.3 is 0 Å². The topological polar surface area (TPSA) is 82.0 Å². The normalized spacial score (nSPS) is 16.2. The summed E-state index contributed by atoms with van der Waals surface area (Å²) in [5.74, 6) is -1.69. The van der Waals surface area contributed by atoms with E-state index < -0.39 is 11.7 Å². The van der Waals surface area contributed by atoms with E-state index in [1.54, 1.807) is 18.2 Å². The predicted octanol–water partition coefficient (Wildman–Crippen LogP) is 4.15. The molecular weight excluding hydrogens is 389 g/mol. The van der Waals surface area contributed by atoms with Crippen molar-refractivity contribution in [1.82, 2.24) is 5.32 Å². The molecule has 7 heteroatoms. The summed E-state index contributed by atoms with van der Waals surface area (Å²) in [7, 11) is 0. The van der Waals surface area contributed by atoms with Gasteiger partial charge in [-0.2, -0.15) is 5.26 Å². The van der Waals surface area contributed by atoms with Crippen molar-refractivity contribution in [2.75, 3.05) is 11.1 Å². The number of halogens is 1. The number of allylic oxidation sites excluding steroid dienone is 1. The molecule has 0 saturated heterocycles. The van der Waals surface area contributed by atoms with Crippen LogP contribution in [0.25, 0.3) is 0 Å². The summed E-state index contributed by atoms with van der Waals surface area (Å²) in [6.07, 6.45) is -0.0112. The van der Waals surface area contributed by atoms with Gasteiger partial charge in [0.25, 0.3) is 0 Å². The first kappa shape index (κ1) is 20.6. The molecule has 0 radical (unpaired) electrons. The molecule has 5 nitrogen and oxygen atoms in total. The number of benzene rings is 2. The number of anilines is 1. The second-order valence-electron chi connectivity index (χ2n) is 6.82. The molecule has 2 N–H and O–H groups in total. The molecule has 1 atom stereocenters. The SMILES string of the molecule is Cc1ccc(NC(=O)CSC2=C(C#N)[C@H](c3ccccc3F)CC(=O)N2)cc1C. The highest BCUT2D eigenvalue weighted by molar-refractivity contribution is 8.03. The van der Waals surface area contributed by atoms with Crippen LogP contribution in [0.15, 0.2) is 53.1 Å². The van der Waals surface area contributed by atoms with Gasteiger partial charge in [-0.05, 0) is 48.7 Å². The number of carbonyl (C=O) groups excluding carboxylic acids is 2. The summed E-state index contributed by atoms with van der Waals surface area (Å²) >= 11 is 1.06. The molecule has 0 fully saturated rings. The molecule has 3 rings (SSSR count). The van der Waals surface area contributed by atoms with Crippen LogP contribution in [0.4, 0.5) is 10.1 Å². The zero-order chi connectivity index (χ0) is 21.0. The standard InChI is InChI=1S/C22H20FN3O2S/c1-13-7-8-15(9-14(13)2)25-21(28)12-29-22-18(11-24)17(10-20(27)26-22)16-5-3-4-6-19(16)23/h3-9,17H,10,12H2,1-2H3,(H,25,28)(H,26,27)/t17-/m0/s1. The van der Waals surface area contributed by atoms with E-state index in [1.165, 1.54) is 6.07 Å². The van der Waals surface area contributed by atoms with Crippen molar-refractivity contribution >= 4 is 29.3 Å². The third kappa shape index (κ3) is 4.84. The number of thioether (sulfide) groups is 1. The van der Waals surface area contributed by atoms with Gasteiger partial charge in [-0.15, -0.1) is 0 Å². The minimum Gasteiger partial charge on any atom is -0.325 e. The van der Waals surface area contributed by atoms with E-state index in [0.717, 1.165) is 22.9 Å². The molecule has 1 aliphatic heterocycles. The third-order valence-corrected chi connectivity index (χ3v) is 5.79. The maximum atomic E-state index is 14.2. The maximum absolute atomic E-state index is 14.2. The second kappa shape index (κ2) is 8.93. The molecule has 29 heavy (non-hydrogen) atoms. The Balaban J connectivity index is 1.76. The summed E-state index contributed by atoms with van der Waals surface area (Å²) in [6.45, 7) is 3.95. The number of nitrogens with zero attached hydrogens (tertiary/aromatic N) is 1. The first-order valence-corrected chi connectivity index (χ1v) is 10.1. The number of hydrogen-bond donors (Lipinski definition) is 2. The van der Waals surface area contributed by atoms with Crippen molar-refractivity contribution in [3.63, 3.8) is 0 Å². The Labute approximate surface area is 173 Å². The Hall–Kier alpha value is -3.11. The molecule has 1 aliphatic rings. The van der Waals surface area contributed by atoms with Gasteiger partial charge in [0, 0.05) is 18.0 Å². The van der Waals surface area contributed by atoms with Crippen LogP contribution in [-0.4, -0.2) is 17.6 Å². The van der Waals surface area contributed by atoms with E-state index in [1.807, 2.05) is 32.0 Å². The number of hydrogen-bond acceptors (Lipinski definition) is 4. The summed E-state index contributed by atoms with van der Waals surface area (Å²) in [5.41, 5.74) is 3.45. The van der Waals surface area contributed by atoms with Crippen LogP contribution >= 0.6 is 11.8 Å². The molecule has 0 spiro atoms. The van der Waals surface area contributed by atoms with E-state index in [-0.39, 0.29) is 29.6 Å². The smallest absolute Gasteiger partial charge is 0.234 e. The molecule has 0 bridgehead atoms. The fourth-order valence-electron chi connectivity index (χ4n) is 3.11. The fourth-order valence-corrected chi connectivity index (χ4v) is 3.99. The maximum Gasteiger partial charge on any atom is 0.234 e. The van der Waals surface area contributed by atoms with Crippen molar-refractivity contribution in [3.05, 3.63) is 75.6 Å². The zero-order valence-electron chi connectivity index (χ0n) is 16.1. The average Bonchev–Trinajstić information content (AvgIpc) is 2.69. The molecule has 2 aromatic rings. The fraction of sp³-hybridized carbons (Fsp3) is 0.227. The van der Waals surface area contributed by atoms with E-state index >= 15 is 0 Å². The van der Waals surface area contributed by atoms with Crippen molar-refractivity contribution in [2.45, 2.75) is 26.2 Å². The summed E-state index contributed by atoms with van der Waals surface area (Å²) in [6, 6.07) is 13.8. The van der Waals surface area contributed by atoms with Crippen LogP contribution in [0, 0.1) is 31.0 Å². The summed E-state index contributed by atoms with van der Waals surface area (Å²) in [5, 5.41) is 15.4. The predicted molar refractivity (Wildman–Crippen MR) is 112 cm³/mol. The third-order valence-electron chi connectivity index (χ3n) is 4.77. The minimum absolute atomic E-state index is 0.0112. The molecule has 0 aromatic heterocycles. The van der Waals surface area contributed by atoms with Crippen LogP contribution in [-0.2, 0) is 9.59 Å². The van der Waals surface area contributed by atoms with E-state index in [2.05, 4.69) is 16.7 Å². The quantitative estimate of drug-likeness (QED) is 0.777. The van der Waals surface area contributed by atoms with Crippen LogP contribution in [0.2, 0.25) is 0 Å². The molecule has 0 aliphatic carbocycles. The molecule has 2 amide bonds.